The molecule has 1 amide bonds. The third-order valence-electron chi connectivity index (χ3n) is 4.12. The van der Waals surface area contributed by atoms with E-state index in [1.165, 1.54) is 0 Å². The van der Waals surface area contributed by atoms with Gasteiger partial charge in [-0.2, -0.15) is 0 Å². The number of amides is 1. The summed E-state index contributed by atoms with van der Waals surface area (Å²) in [5.74, 6) is 0.550. The lowest BCUT2D eigenvalue weighted by molar-refractivity contribution is -0.140. The number of aliphatic hydroxyl groups excluding tert-OH is 1. The van der Waals surface area contributed by atoms with Crippen molar-refractivity contribution in [3.8, 4) is 0 Å². The van der Waals surface area contributed by atoms with E-state index >= 15 is 0 Å². The predicted octanol–water partition coefficient (Wildman–Crippen LogP) is -0.419. The SMILES string of the molecule is CC1(C(=O)N2CCC(CCO)C2)COCC1N. The van der Waals surface area contributed by atoms with E-state index in [0.29, 0.717) is 19.1 Å². The highest BCUT2D eigenvalue weighted by Crippen LogP contribution is 2.32. The second-order valence-electron chi connectivity index (χ2n) is 5.46. The molecule has 98 valence electrons. The Morgan fingerprint density at radius 2 is 2.41 bits per heavy atom. The summed E-state index contributed by atoms with van der Waals surface area (Å²) in [6.45, 7) is 4.52. The van der Waals surface area contributed by atoms with Crippen LogP contribution in [0.25, 0.3) is 0 Å². The van der Waals surface area contributed by atoms with E-state index in [4.69, 9.17) is 15.6 Å². The molecule has 5 heteroatoms. The molecule has 3 N–H and O–H groups in total. The van der Waals surface area contributed by atoms with E-state index in [-0.39, 0.29) is 18.6 Å². The van der Waals surface area contributed by atoms with Crippen molar-refractivity contribution in [1.82, 2.24) is 4.90 Å². The monoisotopic (exact) mass is 242 g/mol. The van der Waals surface area contributed by atoms with Crippen LogP contribution in [0.2, 0.25) is 0 Å². The number of likely N-dealkylation sites (tertiary alicyclic amines) is 1. The number of hydrogen-bond donors (Lipinski definition) is 2. The van der Waals surface area contributed by atoms with Crippen LogP contribution in [-0.2, 0) is 9.53 Å². The molecule has 3 unspecified atom stereocenters. The molecule has 2 saturated heterocycles. The van der Waals surface area contributed by atoms with Crippen LogP contribution in [0, 0.1) is 11.3 Å². The molecule has 0 bridgehead atoms. The van der Waals surface area contributed by atoms with E-state index in [2.05, 4.69) is 0 Å². The van der Waals surface area contributed by atoms with Gasteiger partial charge in [0, 0.05) is 25.7 Å². The average Bonchev–Trinajstić information content (AvgIpc) is 2.88. The van der Waals surface area contributed by atoms with Gasteiger partial charge in [-0.3, -0.25) is 4.79 Å². The zero-order chi connectivity index (χ0) is 12.5. The Labute approximate surface area is 102 Å². The van der Waals surface area contributed by atoms with Gasteiger partial charge < -0.3 is 20.5 Å². The van der Waals surface area contributed by atoms with Crippen molar-refractivity contribution < 1.29 is 14.6 Å². The Morgan fingerprint density at radius 3 is 3.00 bits per heavy atom. The first-order valence-electron chi connectivity index (χ1n) is 6.31. The lowest BCUT2D eigenvalue weighted by Crippen LogP contribution is -2.50. The fraction of sp³-hybridized carbons (Fsp3) is 0.917. The molecular weight excluding hydrogens is 220 g/mol. The molecule has 17 heavy (non-hydrogen) atoms. The van der Waals surface area contributed by atoms with Crippen LogP contribution < -0.4 is 5.73 Å². The Kier molecular flexibility index (Phi) is 3.70. The second-order valence-corrected chi connectivity index (χ2v) is 5.46. The van der Waals surface area contributed by atoms with Crippen LogP contribution in [0.1, 0.15) is 19.8 Å². The molecule has 0 aromatic heterocycles. The number of rotatable bonds is 3. The summed E-state index contributed by atoms with van der Waals surface area (Å²) in [5, 5.41) is 8.91. The number of hydrogen-bond acceptors (Lipinski definition) is 4. The number of ether oxygens (including phenoxy) is 1. The van der Waals surface area contributed by atoms with Crippen LogP contribution in [-0.4, -0.2) is 54.9 Å². The molecule has 2 rings (SSSR count). The highest BCUT2D eigenvalue weighted by Gasteiger charge is 2.47. The fourth-order valence-corrected chi connectivity index (χ4v) is 2.71. The summed E-state index contributed by atoms with van der Waals surface area (Å²) in [6, 6.07) is -0.202. The van der Waals surface area contributed by atoms with Gasteiger partial charge in [0.1, 0.15) is 0 Å². The van der Waals surface area contributed by atoms with E-state index in [1.807, 2.05) is 11.8 Å². The van der Waals surface area contributed by atoms with Crippen molar-refractivity contribution in [2.45, 2.75) is 25.8 Å². The first-order chi connectivity index (χ1) is 8.08. The first-order valence-corrected chi connectivity index (χ1v) is 6.31. The second kappa shape index (κ2) is 4.92. The largest absolute Gasteiger partial charge is 0.396 e. The van der Waals surface area contributed by atoms with Crippen molar-refractivity contribution in [1.29, 1.82) is 0 Å². The minimum absolute atomic E-state index is 0.114. The van der Waals surface area contributed by atoms with E-state index in [9.17, 15) is 4.79 Å². The van der Waals surface area contributed by atoms with Gasteiger partial charge >= 0.3 is 0 Å². The van der Waals surface area contributed by atoms with Crippen molar-refractivity contribution in [3.63, 3.8) is 0 Å². The van der Waals surface area contributed by atoms with E-state index < -0.39 is 5.41 Å². The third-order valence-corrected chi connectivity index (χ3v) is 4.12. The minimum atomic E-state index is -0.561. The molecular formula is C12H22N2O3. The van der Waals surface area contributed by atoms with Crippen LogP contribution in [0.4, 0.5) is 0 Å². The van der Waals surface area contributed by atoms with Gasteiger partial charge in [0.05, 0.1) is 18.6 Å². The zero-order valence-electron chi connectivity index (χ0n) is 10.4. The Bertz CT molecular complexity index is 297. The molecule has 2 fully saturated rings. The van der Waals surface area contributed by atoms with Crippen molar-refractivity contribution in [3.05, 3.63) is 0 Å². The fourth-order valence-electron chi connectivity index (χ4n) is 2.71. The summed E-state index contributed by atoms with van der Waals surface area (Å²) in [7, 11) is 0. The Balaban J connectivity index is 1.97. The van der Waals surface area contributed by atoms with Gasteiger partial charge in [-0.1, -0.05) is 0 Å². The van der Waals surface area contributed by atoms with Crippen LogP contribution >= 0.6 is 0 Å². The molecule has 0 aromatic rings. The average molecular weight is 242 g/mol. The number of aliphatic hydroxyl groups is 1. The predicted molar refractivity (Wildman–Crippen MR) is 63.3 cm³/mol. The van der Waals surface area contributed by atoms with Gasteiger partial charge in [0.15, 0.2) is 0 Å². The molecule has 2 aliphatic rings. The molecule has 0 aliphatic carbocycles. The topological polar surface area (TPSA) is 75.8 Å². The molecule has 2 aliphatic heterocycles. The maximum absolute atomic E-state index is 12.4. The van der Waals surface area contributed by atoms with Gasteiger partial charge in [0.25, 0.3) is 0 Å². The summed E-state index contributed by atoms with van der Waals surface area (Å²) >= 11 is 0. The van der Waals surface area contributed by atoms with Crippen LogP contribution in [0.5, 0.6) is 0 Å². The highest BCUT2D eigenvalue weighted by atomic mass is 16.5. The standard InChI is InChI=1S/C12H22N2O3/c1-12(8-17-7-10(12)13)11(16)14-4-2-9(6-14)3-5-15/h9-10,15H,2-8,13H2,1H3. The summed E-state index contributed by atoms with van der Waals surface area (Å²) in [6.07, 6.45) is 1.77. The van der Waals surface area contributed by atoms with Gasteiger partial charge in [-0.05, 0) is 25.7 Å². The zero-order valence-corrected chi connectivity index (χ0v) is 10.4. The Hall–Kier alpha value is -0.650. The normalized spacial score (nSPS) is 37.7. The lowest BCUT2D eigenvalue weighted by atomic mass is 9.84. The smallest absolute Gasteiger partial charge is 0.232 e. The Morgan fingerprint density at radius 1 is 1.65 bits per heavy atom. The summed E-state index contributed by atoms with van der Waals surface area (Å²) < 4.78 is 5.31. The molecule has 5 nitrogen and oxygen atoms in total. The number of carbonyl (C=O) groups is 1. The molecule has 0 aromatic carbocycles. The number of carbonyl (C=O) groups excluding carboxylic acids is 1. The maximum atomic E-state index is 12.4. The van der Waals surface area contributed by atoms with Crippen LogP contribution in [0.3, 0.4) is 0 Å². The van der Waals surface area contributed by atoms with E-state index in [1.54, 1.807) is 0 Å². The van der Waals surface area contributed by atoms with Crippen molar-refractivity contribution >= 4 is 5.91 Å². The lowest BCUT2D eigenvalue weighted by Gasteiger charge is -2.30. The molecule has 3 atom stereocenters. The third kappa shape index (κ3) is 2.32. The van der Waals surface area contributed by atoms with Gasteiger partial charge in [-0.25, -0.2) is 0 Å². The van der Waals surface area contributed by atoms with Gasteiger partial charge in [-0.15, -0.1) is 0 Å². The maximum Gasteiger partial charge on any atom is 0.232 e. The van der Waals surface area contributed by atoms with Gasteiger partial charge in [0.2, 0.25) is 5.91 Å². The molecule has 0 spiro atoms. The summed E-state index contributed by atoms with van der Waals surface area (Å²) in [5.41, 5.74) is 5.40. The quantitative estimate of drug-likeness (QED) is 0.705. The molecule has 2 heterocycles. The number of nitrogens with zero attached hydrogens (tertiary/aromatic N) is 1. The summed E-state index contributed by atoms with van der Waals surface area (Å²) in [4.78, 5) is 14.3. The van der Waals surface area contributed by atoms with E-state index in [0.717, 1.165) is 25.9 Å². The van der Waals surface area contributed by atoms with Crippen LogP contribution in [0.15, 0.2) is 0 Å². The minimum Gasteiger partial charge on any atom is -0.396 e. The number of nitrogens with two attached hydrogens (primary N) is 1. The molecule has 0 radical (unpaired) electrons. The van der Waals surface area contributed by atoms with Crippen molar-refractivity contribution in [2.75, 3.05) is 32.9 Å². The first kappa shape index (κ1) is 12.8. The highest BCUT2D eigenvalue weighted by molar-refractivity contribution is 5.84. The van der Waals surface area contributed by atoms with Crippen molar-refractivity contribution in [2.24, 2.45) is 17.1 Å². The molecule has 0 saturated carbocycles.